The lowest BCUT2D eigenvalue weighted by Gasteiger charge is -2.17. The monoisotopic (exact) mass is 249 g/mol. The van der Waals surface area contributed by atoms with Crippen molar-refractivity contribution in [1.82, 2.24) is 19.5 Å². The summed E-state index contributed by atoms with van der Waals surface area (Å²) < 4.78 is 7.64. The Labute approximate surface area is 104 Å². The fourth-order valence-corrected chi connectivity index (χ4v) is 2.43. The lowest BCUT2D eigenvalue weighted by molar-refractivity contribution is -0.0294. The first-order chi connectivity index (χ1) is 8.70. The van der Waals surface area contributed by atoms with E-state index in [2.05, 4.69) is 21.9 Å². The third-order valence-corrected chi connectivity index (χ3v) is 3.32. The molecule has 0 saturated carbocycles. The first-order valence-corrected chi connectivity index (χ1v) is 5.90. The quantitative estimate of drug-likeness (QED) is 0.795. The predicted molar refractivity (Wildman–Crippen MR) is 64.5 cm³/mol. The Morgan fingerprint density at radius 1 is 1.50 bits per heavy atom. The highest BCUT2D eigenvalue weighted by Gasteiger charge is 2.34. The van der Waals surface area contributed by atoms with Crippen LogP contribution in [0.5, 0.6) is 0 Å². The highest BCUT2D eigenvalue weighted by molar-refractivity contribution is 5.81. The van der Waals surface area contributed by atoms with Crippen LogP contribution in [0.15, 0.2) is 12.7 Å². The fraction of sp³-hybridized carbons (Fsp3) is 0.545. The van der Waals surface area contributed by atoms with E-state index in [0.717, 1.165) is 6.42 Å². The molecular weight excluding hydrogens is 234 g/mol. The average Bonchev–Trinajstić information content (AvgIpc) is 2.93. The highest BCUT2D eigenvalue weighted by atomic mass is 16.5. The molecule has 0 radical (unpaired) electrons. The maximum absolute atomic E-state index is 9.16. The van der Waals surface area contributed by atoms with E-state index < -0.39 is 0 Å². The molecule has 7 heteroatoms. The minimum atomic E-state index is -0.165. The van der Waals surface area contributed by atoms with Crippen LogP contribution in [-0.4, -0.2) is 37.3 Å². The van der Waals surface area contributed by atoms with Crippen molar-refractivity contribution in [2.75, 3.05) is 12.3 Å². The third kappa shape index (κ3) is 1.63. The molecule has 0 spiro atoms. The van der Waals surface area contributed by atoms with Crippen LogP contribution in [0.1, 0.15) is 19.6 Å². The Morgan fingerprint density at radius 3 is 3.06 bits per heavy atom. The molecule has 2 aromatic rings. The van der Waals surface area contributed by atoms with Crippen molar-refractivity contribution in [1.29, 1.82) is 0 Å². The summed E-state index contributed by atoms with van der Waals surface area (Å²) in [5.74, 6) is 0.652. The Balaban J connectivity index is 2.02. The number of aliphatic hydroxyl groups excluding tert-OH is 1. The minimum absolute atomic E-state index is 0.0323. The number of imidazole rings is 1. The highest BCUT2D eigenvalue weighted by Crippen LogP contribution is 2.35. The Bertz CT molecular complexity index is 570. The first-order valence-electron chi connectivity index (χ1n) is 5.90. The molecule has 96 valence electrons. The van der Waals surface area contributed by atoms with Gasteiger partial charge in [-0.2, -0.15) is 0 Å². The first kappa shape index (κ1) is 11.4. The summed E-state index contributed by atoms with van der Waals surface area (Å²) in [6.07, 6.45) is 3.61. The van der Waals surface area contributed by atoms with Crippen molar-refractivity contribution >= 4 is 17.0 Å². The number of aromatic nitrogens is 4. The zero-order chi connectivity index (χ0) is 12.7. The maximum atomic E-state index is 9.16. The molecule has 1 aliphatic heterocycles. The van der Waals surface area contributed by atoms with E-state index in [0.29, 0.717) is 17.0 Å². The molecular formula is C11H15N5O2. The summed E-state index contributed by atoms with van der Waals surface area (Å²) in [5.41, 5.74) is 7.00. The normalized spacial score (nSPS) is 28.0. The van der Waals surface area contributed by atoms with E-state index in [1.165, 1.54) is 6.33 Å². The number of nitrogens with zero attached hydrogens (tertiary/aromatic N) is 4. The van der Waals surface area contributed by atoms with Gasteiger partial charge in [0.05, 0.1) is 19.0 Å². The molecule has 3 heterocycles. The zero-order valence-corrected chi connectivity index (χ0v) is 10.0. The Hall–Kier alpha value is -1.73. The summed E-state index contributed by atoms with van der Waals surface area (Å²) in [6, 6.07) is 0. The van der Waals surface area contributed by atoms with Gasteiger partial charge in [0.2, 0.25) is 0 Å². The number of nitrogens with two attached hydrogens (primary N) is 1. The van der Waals surface area contributed by atoms with Gasteiger partial charge in [-0.3, -0.25) is 4.57 Å². The molecule has 1 fully saturated rings. The van der Waals surface area contributed by atoms with Crippen LogP contribution >= 0.6 is 0 Å². The second-order valence-electron chi connectivity index (χ2n) is 4.63. The second kappa shape index (κ2) is 4.18. The lowest BCUT2D eigenvalue weighted by atomic mass is 10.1. The molecule has 0 aliphatic carbocycles. The van der Waals surface area contributed by atoms with Gasteiger partial charge in [-0.1, -0.05) is 6.92 Å². The minimum Gasteiger partial charge on any atom is -0.394 e. The number of rotatable bonds is 2. The van der Waals surface area contributed by atoms with Crippen LogP contribution in [0.3, 0.4) is 0 Å². The number of ether oxygens (including phenoxy) is 1. The van der Waals surface area contributed by atoms with E-state index in [-0.39, 0.29) is 24.9 Å². The van der Waals surface area contributed by atoms with E-state index in [9.17, 15) is 0 Å². The number of hydrogen-bond donors (Lipinski definition) is 2. The van der Waals surface area contributed by atoms with Crippen LogP contribution < -0.4 is 5.73 Å². The van der Waals surface area contributed by atoms with Crippen molar-refractivity contribution in [3.63, 3.8) is 0 Å². The van der Waals surface area contributed by atoms with Crippen LogP contribution in [0.2, 0.25) is 0 Å². The SMILES string of the molecule is CC1CC(CO)OC1n1cnc2c(N)ncnc21. The number of anilines is 1. The molecule has 1 saturated heterocycles. The van der Waals surface area contributed by atoms with Gasteiger partial charge >= 0.3 is 0 Å². The molecule has 1 aliphatic rings. The summed E-state index contributed by atoms with van der Waals surface area (Å²) in [7, 11) is 0. The Morgan fingerprint density at radius 2 is 2.33 bits per heavy atom. The molecule has 2 aromatic heterocycles. The van der Waals surface area contributed by atoms with E-state index in [1.54, 1.807) is 6.33 Å². The van der Waals surface area contributed by atoms with Crippen LogP contribution in [0, 0.1) is 5.92 Å². The molecule has 0 aromatic carbocycles. The molecule has 3 atom stereocenters. The molecule has 3 unspecified atom stereocenters. The number of nitrogen functional groups attached to an aromatic ring is 1. The topological polar surface area (TPSA) is 99.1 Å². The number of hydrogen-bond acceptors (Lipinski definition) is 6. The standard InChI is InChI=1S/C11H15N5O2/c1-6-2-7(3-17)18-11(6)16-5-15-8-9(12)13-4-14-10(8)16/h4-7,11,17H,2-3H2,1H3,(H2,12,13,14). The van der Waals surface area contributed by atoms with Gasteiger partial charge in [-0.15, -0.1) is 0 Å². The molecule has 0 amide bonds. The molecule has 3 rings (SSSR count). The van der Waals surface area contributed by atoms with Gasteiger partial charge in [0, 0.05) is 5.92 Å². The number of fused-ring (bicyclic) bond motifs is 1. The molecule has 7 nitrogen and oxygen atoms in total. The smallest absolute Gasteiger partial charge is 0.167 e. The Kier molecular flexibility index (Phi) is 2.64. The van der Waals surface area contributed by atoms with Gasteiger partial charge in [-0.25, -0.2) is 15.0 Å². The molecule has 18 heavy (non-hydrogen) atoms. The summed E-state index contributed by atoms with van der Waals surface area (Å²) in [5, 5.41) is 9.16. The largest absolute Gasteiger partial charge is 0.394 e. The zero-order valence-electron chi connectivity index (χ0n) is 10.0. The van der Waals surface area contributed by atoms with Crippen molar-refractivity contribution < 1.29 is 9.84 Å². The summed E-state index contributed by atoms with van der Waals surface area (Å²) in [6.45, 7) is 2.11. The average molecular weight is 249 g/mol. The summed E-state index contributed by atoms with van der Waals surface area (Å²) >= 11 is 0. The molecule has 3 N–H and O–H groups in total. The fourth-order valence-electron chi connectivity index (χ4n) is 2.43. The lowest BCUT2D eigenvalue weighted by Crippen LogP contribution is -2.15. The van der Waals surface area contributed by atoms with Crippen molar-refractivity contribution in [3.8, 4) is 0 Å². The predicted octanol–water partition coefficient (Wildman–Crippen LogP) is 0.324. The van der Waals surface area contributed by atoms with Crippen molar-refractivity contribution in [2.24, 2.45) is 5.92 Å². The van der Waals surface area contributed by atoms with Crippen molar-refractivity contribution in [2.45, 2.75) is 25.7 Å². The van der Waals surface area contributed by atoms with Crippen LogP contribution in [0.4, 0.5) is 5.82 Å². The van der Waals surface area contributed by atoms with Crippen LogP contribution in [-0.2, 0) is 4.74 Å². The van der Waals surface area contributed by atoms with Gasteiger partial charge in [0.15, 0.2) is 11.5 Å². The van der Waals surface area contributed by atoms with Gasteiger partial charge in [-0.05, 0) is 6.42 Å². The second-order valence-corrected chi connectivity index (χ2v) is 4.63. The maximum Gasteiger partial charge on any atom is 0.167 e. The van der Waals surface area contributed by atoms with Gasteiger partial charge in [0.1, 0.15) is 18.1 Å². The van der Waals surface area contributed by atoms with Crippen LogP contribution in [0.25, 0.3) is 11.2 Å². The number of aliphatic hydroxyl groups is 1. The van der Waals surface area contributed by atoms with E-state index in [4.69, 9.17) is 15.6 Å². The third-order valence-electron chi connectivity index (χ3n) is 3.32. The van der Waals surface area contributed by atoms with Gasteiger partial charge < -0.3 is 15.6 Å². The van der Waals surface area contributed by atoms with Gasteiger partial charge in [0.25, 0.3) is 0 Å². The van der Waals surface area contributed by atoms with E-state index >= 15 is 0 Å². The summed E-state index contributed by atoms with van der Waals surface area (Å²) in [4.78, 5) is 12.3. The molecule has 0 bridgehead atoms. The van der Waals surface area contributed by atoms with E-state index in [1.807, 2.05) is 4.57 Å². The van der Waals surface area contributed by atoms with Crippen molar-refractivity contribution in [3.05, 3.63) is 12.7 Å².